The lowest BCUT2D eigenvalue weighted by molar-refractivity contribution is 0.560. The molecule has 1 aromatic rings. The molecule has 0 saturated carbocycles. The van der Waals surface area contributed by atoms with Crippen LogP contribution in [0, 0.1) is 0 Å². The van der Waals surface area contributed by atoms with Crippen LogP contribution in [0.25, 0.3) is 0 Å². The molecule has 0 aromatic carbocycles. The van der Waals surface area contributed by atoms with Gasteiger partial charge in [-0.2, -0.15) is 0 Å². The summed E-state index contributed by atoms with van der Waals surface area (Å²) in [5.74, 6) is 0.762. The summed E-state index contributed by atoms with van der Waals surface area (Å²) < 4.78 is 5.05. The Morgan fingerprint density at radius 2 is 2.60 bits per heavy atom. The molecule has 2 N–H and O–H groups in total. The first-order chi connectivity index (χ1) is 4.97. The van der Waals surface area contributed by atoms with E-state index in [0.29, 0.717) is 0 Å². The van der Waals surface area contributed by atoms with E-state index >= 15 is 0 Å². The van der Waals surface area contributed by atoms with Crippen molar-refractivity contribution in [1.29, 1.82) is 0 Å². The van der Waals surface area contributed by atoms with Crippen molar-refractivity contribution in [3.63, 3.8) is 0 Å². The van der Waals surface area contributed by atoms with Gasteiger partial charge in [0.2, 0.25) is 5.88 Å². The van der Waals surface area contributed by atoms with E-state index in [-0.39, 0.29) is 0 Å². The van der Waals surface area contributed by atoms with Crippen molar-refractivity contribution in [3.05, 3.63) is 12.1 Å². The lowest BCUT2D eigenvalue weighted by Crippen LogP contribution is -2.20. The molecule has 54 valence electrons. The van der Waals surface area contributed by atoms with Gasteiger partial charge in [-0.1, -0.05) is 0 Å². The van der Waals surface area contributed by atoms with Crippen LogP contribution in [0.5, 0.6) is 0 Å². The van der Waals surface area contributed by atoms with Crippen molar-refractivity contribution in [2.45, 2.75) is 12.8 Å². The van der Waals surface area contributed by atoms with Crippen LogP contribution in [0.2, 0.25) is 0 Å². The summed E-state index contributed by atoms with van der Waals surface area (Å²) in [6.07, 6.45) is 3.56. The number of oxazole rings is 1. The van der Waals surface area contributed by atoms with Crippen LogP contribution in [0.4, 0.5) is 5.88 Å². The standard InChI is InChI=1S/C6H9N3O/c1-2-5-6(9-8-3-1)10-4-7-5/h4,8-9H,1-3H2. The Labute approximate surface area is 58.6 Å². The third-order valence-electron chi connectivity index (χ3n) is 1.56. The minimum Gasteiger partial charge on any atom is -0.426 e. The normalized spacial score (nSPS) is 17.2. The maximum Gasteiger partial charge on any atom is 0.230 e. The van der Waals surface area contributed by atoms with Gasteiger partial charge in [-0.15, -0.1) is 0 Å². The summed E-state index contributed by atoms with van der Waals surface area (Å²) in [4.78, 5) is 4.05. The lowest BCUT2D eigenvalue weighted by Gasteiger charge is -1.98. The highest BCUT2D eigenvalue weighted by molar-refractivity contribution is 5.35. The molecule has 0 fully saturated rings. The maximum atomic E-state index is 5.05. The number of anilines is 1. The average Bonchev–Trinajstić information content (AvgIpc) is 2.28. The molecular weight excluding hydrogens is 130 g/mol. The van der Waals surface area contributed by atoms with E-state index in [1.54, 1.807) is 0 Å². The average molecular weight is 139 g/mol. The SMILES string of the molecule is c1nc2c(o1)NNCCC2. The smallest absolute Gasteiger partial charge is 0.230 e. The fourth-order valence-electron chi connectivity index (χ4n) is 1.04. The summed E-state index contributed by atoms with van der Waals surface area (Å²) in [5, 5.41) is 0. The van der Waals surface area contributed by atoms with Crippen LogP contribution >= 0.6 is 0 Å². The van der Waals surface area contributed by atoms with E-state index in [1.807, 2.05) is 0 Å². The summed E-state index contributed by atoms with van der Waals surface area (Å²) in [5.41, 5.74) is 6.95. The number of nitrogens with zero attached hydrogens (tertiary/aromatic N) is 1. The first kappa shape index (κ1) is 5.73. The minimum atomic E-state index is 0.762. The molecule has 0 aliphatic carbocycles. The van der Waals surface area contributed by atoms with Crippen LogP contribution in [-0.2, 0) is 6.42 Å². The van der Waals surface area contributed by atoms with Crippen LogP contribution in [-0.4, -0.2) is 11.5 Å². The zero-order valence-corrected chi connectivity index (χ0v) is 5.55. The van der Waals surface area contributed by atoms with Gasteiger partial charge < -0.3 is 4.42 Å². The molecule has 2 rings (SSSR count). The molecule has 0 atom stereocenters. The summed E-state index contributed by atoms with van der Waals surface area (Å²) in [7, 11) is 0. The molecule has 0 saturated heterocycles. The molecule has 1 aliphatic heterocycles. The highest BCUT2D eigenvalue weighted by Crippen LogP contribution is 2.15. The highest BCUT2D eigenvalue weighted by Gasteiger charge is 2.09. The van der Waals surface area contributed by atoms with Gasteiger partial charge in [0, 0.05) is 6.54 Å². The van der Waals surface area contributed by atoms with Crippen LogP contribution < -0.4 is 10.9 Å². The van der Waals surface area contributed by atoms with Crippen molar-refractivity contribution >= 4 is 5.88 Å². The van der Waals surface area contributed by atoms with E-state index < -0.39 is 0 Å². The number of aromatic nitrogens is 1. The monoisotopic (exact) mass is 139 g/mol. The third kappa shape index (κ3) is 0.863. The van der Waals surface area contributed by atoms with Gasteiger partial charge in [-0.05, 0) is 12.8 Å². The van der Waals surface area contributed by atoms with Crippen molar-refractivity contribution < 1.29 is 4.42 Å². The minimum absolute atomic E-state index is 0.762. The Morgan fingerprint density at radius 3 is 3.60 bits per heavy atom. The largest absolute Gasteiger partial charge is 0.426 e. The van der Waals surface area contributed by atoms with Crippen LogP contribution in [0.1, 0.15) is 12.1 Å². The summed E-state index contributed by atoms with van der Waals surface area (Å²) >= 11 is 0. The Balaban J connectivity index is 2.28. The molecule has 0 spiro atoms. The summed E-state index contributed by atoms with van der Waals surface area (Å²) in [6.45, 7) is 0.964. The molecule has 10 heavy (non-hydrogen) atoms. The number of hydrazine groups is 1. The quantitative estimate of drug-likeness (QED) is 0.550. The van der Waals surface area contributed by atoms with Gasteiger partial charge in [-0.3, -0.25) is 5.43 Å². The molecule has 0 radical (unpaired) electrons. The zero-order chi connectivity index (χ0) is 6.81. The number of nitrogens with one attached hydrogen (secondary N) is 2. The first-order valence-corrected chi connectivity index (χ1v) is 3.38. The van der Waals surface area contributed by atoms with Gasteiger partial charge in [0.05, 0.1) is 0 Å². The molecule has 0 amide bonds. The zero-order valence-electron chi connectivity index (χ0n) is 5.55. The molecule has 4 heteroatoms. The van der Waals surface area contributed by atoms with Crippen LogP contribution in [0.15, 0.2) is 10.8 Å². The number of fused-ring (bicyclic) bond motifs is 1. The summed E-state index contributed by atoms with van der Waals surface area (Å²) in [6, 6.07) is 0. The molecule has 4 nitrogen and oxygen atoms in total. The van der Waals surface area contributed by atoms with E-state index in [4.69, 9.17) is 4.42 Å². The van der Waals surface area contributed by atoms with Gasteiger partial charge in [0.25, 0.3) is 0 Å². The maximum absolute atomic E-state index is 5.05. The second-order valence-electron chi connectivity index (χ2n) is 2.28. The highest BCUT2D eigenvalue weighted by atomic mass is 16.4. The predicted octanol–water partition coefficient (Wildman–Crippen LogP) is 0.537. The van der Waals surface area contributed by atoms with E-state index in [9.17, 15) is 0 Å². The number of rotatable bonds is 0. The van der Waals surface area contributed by atoms with Gasteiger partial charge in [-0.25, -0.2) is 10.4 Å². The fraction of sp³-hybridized carbons (Fsp3) is 0.500. The van der Waals surface area contributed by atoms with Crippen molar-refractivity contribution in [3.8, 4) is 0 Å². The third-order valence-corrected chi connectivity index (χ3v) is 1.56. The van der Waals surface area contributed by atoms with E-state index in [2.05, 4.69) is 15.8 Å². The molecule has 2 heterocycles. The lowest BCUT2D eigenvalue weighted by atomic mass is 10.2. The number of hydrogen-bond acceptors (Lipinski definition) is 4. The van der Waals surface area contributed by atoms with Crippen molar-refractivity contribution in [2.75, 3.05) is 12.0 Å². The molecule has 0 unspecified atom stereocenters. The fourth-order valence-corrected chi connectivity index (χ4v) is 1.04. The van der Waals surface area contributed by atoms with Crippen molar-refractivity contribution in [2.24, 2.45) is 0 Å². The van der Waals surface area contributed by atoms with Crippen molar-refractivity contribution in [1.82, 2.24) is 10.4 Å². The molecule has 1 aromatic heterocycles. The Hall–Kier alpha value is -1.03. The Bertz CT molecular complexity index is 200. The second-order valence-corrected chi connectivity index (χ2v) is 2.28. The molecule has 0 bridgehead atoms. The Morgan fingerprint density at radius 1 is 1.60 bits per heavy atom. The van der Waals surface area contributed by atoms with Gasteiger partial charge in [0.1, 0.15) is 5.69 Å². The van der Waals surface area contributed by atoms with E-state index in [0.717, 1.165) is 31.0 Å². The Kier molecular flexibility index (Phi) is 1.32. The topological polar surface area (TPSA) is 50.1 Å². The second kappa shape index (κ2) is 2.30. The number of aryl methyl sites for hydroxylation is 1. The van der Waals surface area contributed by atoms with Gasteiger partial charge >= 0.3 is 0 Å². The predicted molar refractivity (Wildman–Crippen MR) is 36.4 cm³/mol. The first-order valence-electron chi connectivity index (χ1n) is 3.38. The van der Waals surface area contributed by atoms with Crippen LogP contribution in [0.3, 0.4) is 0 Å². The number of hydrogen-bond donors (Lipinski definition) is 2. The molecule has 1 aliphatic rings. The van der Waals surface area contributed by atoms with Gasteiger partial charge in [0.15, 0.2) is 6.39 Å². The molecular formula is C6H9N3O. The van der Waals surface area contributed by atoms with E-state index in [1.165, 1.54) is 6.39 Å².